The quantitative estimate of drug-likeness (QED) is 0.413. The normalized spacial score (nSPS) is 23.1. The Labute approximate surface area is 214 Å². The van der Waals surface area contributed by atoms with Crippen LogP contribution < -0.4 is 9.47 Å². The Kier molecular flexibility index (Phi) is 5.63. The fraction of sp³-hybridized carbons (Fsp3) is 0.296. The van der Waals surface area contributed by atoms with Crippen LogP contribution in [0.5, 0.6) is 11.5 Å². The smallest absolute Gasteiger partial charge is 0.309 e. The zero-order chi connectivity index (χ0) is 25.8. The van der Waals surface area contributed by atoms with Crippen molar-refractivity contribution in [1.82, 2.24) is 0 Å². The molecular formula is C27H24O9S. The molecule has 2 heterocycles. The van der Waals surface area contributed by atoms with Crippen molar-refractivity contribution in [2.75, 3.05) is 33.6 Å². The lowest BCUT2D eigenvalue weighted by atomic mass is 9.65. The zero-order valence-electron chi connectivity index (χ0n) is 20.2. The Balaban J connectivity index is 1.62. The highest BCUT2D eigenvalue weighted by molar-refractivity contribution is 7.85. The van der Waals surface area contributed by atoms with Crippen LogP contribution in [0.1, 0.15) is 23.5 Å². The second kappa shape index (κ2) is 8.76. The van der Waals surface area contributed by atoms with Gasteiger partial charge in [0.05, 0.1) is 26.4 Å². The van der Waals surface area contributed by atoms with E-state index < -0.39 is 27.6 Å². The Morgan fingerprint density at radius 2 is 1.95 bits per heavy atom. The molecule has 1 spiro atoms. The third-order valence-electron chi connectivity index (χ3n) is 7.02. The van der Waals surface area contributed by atoms with Crippen LogP contribution in [0.3, 0.4) is 0 Å². The van der Waals surface area contributed by atoms with Crippen molar-refractivity contribution in [1.29, 1.82) is 0 Å². The van der Waals surface area contributed by atoms with E-state index in [-0.39, 0.29) is 26.6 Å². The number of benzene rings is 2. The van der Waals surface area contributed by atoms with Crippen LogP contribution >= 0.6 is 0 Å². The fourth-order valence-electron chi connectivity index (χ4n) is 5.51. The first-order chi connectivity index (χ1) is 17.8. The van der Waals surface area contributed by atoms with Gasteiger partial charge < -0.3 is 23.7 Å². The number of fused-ring (bicyclic) bond motifs is 2. The van der Waals surface area contributed by atoms with Crippen LogP contribution in [0.15, 0.2) is 71.5 Å². The largest absolute Gasteiger partial charge is 0.469 e. The second-order valence-corrected chi connectivity index (χ2v) is 10.7. The van der Waals surface area contributed by atoms with Gasteiger partial charge in [0.1, 0.15) is 5.76 Å². The molecule has 2 aliphatic carbocycles. The molecule has 0 N–H and O–H groups in total. The summed E-state index contributed by atoms with van der Waals surface area (Å²) in [6.07, 6.45) is 6.47. The van der Waals surface area contributed by atoms with Gasteiger partial charge in [-0.15, -0.1) is 0 Å². The van der Waals surface area contributed by atoms with Gasteiger partial charge in [-0.05, 0) is 46.0 Å². The SMILES string of the molecule is COC(=O)CC1=C2C=CC=C3OCOC32c2cccc(-c3ccc4c(c3)OCO4)c2C1COS(C)(=O)=O. The first-order valence-corrected chi connectivity index (χ1v) is 13.5. The molecule has 1 fully saturated rings. The van der Waals surface area contributed by atoms with E-state index >= 15 is 0 Å². The summed E-state index contributed by atoms with van der Waals surface area (Å²) in [4.78, 5) is 12.6. The van der Waals surface area contributed by atoms with E-state index in [1.807, 2.05) is 54.6 Å². The Morgan fingerprint density at radius 1 is 1.11 bits per heavy atom. The van der Waals surface area contributed by atoms with Gasteiger partial charge in [-0.25, -0.2) is 0 Å². The second-order valence-electron chi connectivity index (χ2n) is 9.05. The van der Waals surface area contributed by atoms with Crippen molar-refractivity contribution in [3.8, 4) is 22.6 Å². The van der Waals surface area contributed by atoms with E-state index in [0.29, 0.717) is 28.4 Å². The number of ether oxygens (including phenoxy) is 5. The molecule has 0 radical (unpaired) electrons. The molecule has 4 aliphatic rings. The van der Waals surface area contributed by atoms with Gasteiger partial charge in [0.2, 0.25) is 6.79 Å². The summed E-state index contributed by atoms with van der Waals surface area (Å²) in [5.74, 6) is 0.793. The summed E-state index contributed by atoms with van der Waals surface area (Å²) in [6.45, 7) is -0.0333. The third kappa shape index (κ3) is 3.83. The van der Waals surface area contributed by atoms with Gasteiger partial charge >= 0.3 is 5.97 Å². The maximum absolute atomic E-state index is 12.6. The summed E-state index contributed by atoms with van der Waals surface area (Å²) in [7, 11) is -2.46. The number of rotatable bonds is 6. The van der Waals surface area contributed by atoms with Crippen molar-refractivity contribution in [3.05, 3.63) is 82.7 Å². The minimum Gasteiger partial charge on any atom is -0.469 e. The average Bonchev–Trinajstić information content (AvgIpc) is 3.53. The lowest BCUT2D eigenvalue weighted by molar-refractivity contribution is -0.139. The number of hydrogen-bond donors (Lipinski definition) is 0. The molecule has 37 heavy (non-hydrogen) atoms. The topological polar surface area (TPSA) is 107 Å². The first-order valence-electron chi connectivity index (χ1n) is 11.7. The lowest BCUT2D eigenvalue weighted by Crippen LogP contribution is -2.39. The minimum absolute atomic E-state index is 0.0285. The Morgan fingerprint density at radius 3 is 2.76 bits per heavy atom. The number of allylic oxidation sites excluding steroid dienone is 2. The zero-order valence-corrected chi connectivity index (χ0v) is 21.0. The molecule has 0 saturated carbocycles. The van der Waals surface area contributed by atoms with Crippen molar-refractivity contribution in [3.63, 3.8) is 0 Å². The van der Waals surface area contributed by atoms with Gasteiger partial charge in [-0.2, -0.15) is 8.42 Å². The lowest BCUT2D eigenvalue weighted by Gasteiger charge is -2.42. The van der Waals surface area contributed by atoms with Gasteiger partial charge in [0.15, 0.2) is 23.9 Å². The number of carbonyl (C=O) groups excluding carboxylic acids is 1. The van der Waals surface area contributed by atoms with Crippen LogP contribution in [0, 0.1) is 0 Å². The highest BCUT2D eigenvalue weighted by Crippen LogP contribution is 2.58. The monoisotopic (exact) mass is 524 g/mol. The molecule has 0 bridgehead atoms. The van der Waals surface area contributed by atoms with Crippen LogP contribution in [-0.2, 0) is 38.9 Å². The van der Waals surface area contributed by atoms with Crippen molar-refractivity contribution in [2.24, 2.45) is 0 Å². The van der Waals surface area contributed by atoms with Gasteiger partial charge in [-0.1, -0.05) is 36.4 Å². The highest BCUT2D eigenvalue weighted by atomic mass is 32.2. The number of esters is 1. The molecule has 2 aliphatic heterocycles. The molecule has 1 saturated heterocycles. The summed E-state index contributed by atoms with van der Waals surface area (Å²) in [5, 5.41) is 0. The maximum atomic E-state index is 12.6. The number of hydrogen-bond acceptors (Lipinski definition) is 9. The fourth-order valence-corrected chi connectivity index (χ4v) is 5.90. The van der Waals surface area contributed by atoms with Crippen molar-refractivity contribution in [2.45, 2.75) is 17.9 Å². The highest BCUT2D eigenvalue weighted by Gasteiger charge is 2.54. The van der Waals surface area contributed by atoms with E-state index in [1.54, 1.807) is 0 Å². The predicted octanol–water partition coefficient (Wildman–Crippen LogP) is 3.67. The van der Waals surface area contributed by atoms with Crippen LogP contribution in [-0.4, -0.2) is 47.9 Å². The predicted molar refractivity (Wildman–Crippen MR) is 131 cm³/mol. The van der Waals surface area contributed by atoms with Gasteiger partial charge in [0.25, 0.3) is 10.1 Å². The molecule has 6 rings (SSSR count). The van der Waals surface area contributed by atoms with E-state index in [2.05, 4.69) is 0 Å². The molecule has 0 aromatic heterocycles. The van der Waals surface area contributed by atoms with Gasteiger partial charge in [0, 0.05) is 11.5 Å². The molecule has 2 unspecified atom stereocenters. The molecule has 9 nitrogen and oxygen atoms in total. The van der Waals surface area contributed by atoms with Crippen LogP contribution in [0.25, 0.3) is 11.1 Å². The maximum Gasteiger partial charge on any atom is 0.309 e. The van der Waals surface area contributed by atoms with Crippen molar-refractivity contribution >= 4 is 16.1 Å². The minimum atomic E-state index is -3.78. The molecule has 0 amide bonds. The van der Waals surface area contributed by atoms with E-state index in [9.17, 15) is 13.2 Å². The van der Waals surface area contributed by atoms with Crippen molar-refractivity contribution < 1.29 is 41.1 Å². The molecular weight excluding hydrogens is 500 g/mol. The summed E-state index contributed by atoms with van der Waals surface area (Å²) >= 11 is 0. The average molecular weight is 525 g/mol. The summed E-state index contributed by atoms with van der Waals surface area (Å²) < 4.78 is 57.8. The molecule has 2 atom stereocenters. The molecule has 2 aromatic rings. The Bertz CT molecular complexity index is 1500. The Hall–Kier alpha value is -3.60. The van der Waals surface area contributed by atoms with Gasteiger partial charge in [-0.3, -0.25) is 8.98 Å². The van der Waals surface area contributed by atoms with Crippen LogP contribution in [0.4, 0.5) is 0 Å². The first kappa shape index (κ1) is 23.8. The third-order valence-corrected chi connectivity index (χ3v) is 7.59. The standard InChI is InChI=1S/C27H24O9S/c1-31-25(28)12-18-19(13-36-37(2,29)30)26-17(16-9-10-22-23(11-16)33-14-32-22)5-3-7-21(26)27-20(18)6-4-8-24(27)34-15-35-27/h3-11,19H,12-15H2,1-2H3. The van der Waals surface area contributed by atoms with Crippen LogP contribution in [0.2, 0.25) is 0 Å². The summed E-state index contributed by atoms with van der Waals surface area (Å²) in [6, 6.07) is 11.4. The van der Waals surface area contributed by atoms with E-state index in [1.165, 1.54) is 7.11 Å². The number of methoxy groups -OCH3 is 1. The number of carbonyl (C=O) groups is 1. The summed E-state index contributed by atoms with van der Waals surface area (Å²) in [5.41, 5.74) is 3.49. The van der Waals surface area contributed by atoms with E-state index in [4.69, 9.17) is 27.9 Å². The molecule has 2 aromatic carbocycles. The molecule has 10 heteroatoms. The molecule has 192 valence electrons. The van der Waals surface area contributed by atoms with E-state index in [0.717, 1.165) is 28.5 Å².